The largest absolute Gasteiger partial charge is 0.494 e. The van der Waals surface area contributed by atoms with Crippen molar-refractivity contribution in [3.05, 3.63) is 59.5 Å². The van der Waals surface area contributed by atoms with Gasteiger partial charge in [0.15, 0.2) is 5.82 Å². The highest BCUT2D eigenvalue weighted by molar-refractivity contribution is 8.00. The molecule has 3 aromatic heterocycles. The van der Waals surface area contributed by atoms with E-state index >= 15 is 0 Å². The Morgan fingerprint density at radius 1 is 1.12 bits per heavy atom. The topological polar surface area (TPSA) is 112 Å². The van der Waals surface area contributed by atoms with Crippen LogP contribution in [0.4, 0.5) is 5.95 Å². The molecule has 0 bridgehead atoms. The van der Waals surface area contributed by atoms with Crippen molar-refractivity contribution in [2.24, 2.45) is 7.05 Å². The molecule has 4 aromatic rings. The first-order chi connectivity index (χ1) is 16.0. The molecule has 2 N–H and O–H groups in total. The van der Waals surface area contributed by atoms with Crippen molar-refractivity contribution >= 4 is 29.5 Å². The monoisotopic (exact) mass is 487 g/mol. The Balaban J connectivity index is 1.67. The van der Waals surface area contributed by atoms with E-state index in [0.717, 1.165) is 0 Å². The third-order valence-corrected chi connectivity index (χ3v) is 5.76. The van der Waals surface area contributed by atoms with E-state index in [4.69, 9.17) is 21.1 Å². The van der Waals surface area contributed by atoms with Crippen LogP contribution in [-0.2, 0) is 7.05 Å². The standard InChI is InChI=1S/C21H22ClN7O3S/c1-28-10-9-15(26-28)20-24-25-21(27-33-12-16(30)14-8-7-13(22)11-23-14)29(20)19-17(31-2)5-4-6-18(19)32-3/h4-11,16,30H,12H2,1-3H3,(H,25,27). The number of aliphatic hydroxyl groups excluding tert-OH is 1. The zero-order valence-electron chi connectivity index (χ0n) is 18.1. The van der Waals surface area contributed by atoms with E-state index in [-0.39, 0.29) is 0 Å². The van der Waals surface area contributed by atoms with Crippen LogP contribution in [0.2, 0.25) is 5.02 Å². The molecule has 10 nitrogen and oxygen atoms in total. The highest BCUT2D eigenvalue weighted by atomic mass is 35.5. The van der Waals surface area contributed by atoms with Crippen LogP contribution in [-0.4, -0.2) is 54.6 Å². The second kappa shape index (κ2) is 10.1. The smallest absolute Gasteiger partial charge is 0.239 e. The molecular weight excluding hydrogens is 466 g/mol. The second-order valence-corrected chi connectivity index (χ2v) is 8.16. The van der Waals surface area contributed by atoms with Crippen molar-refractivity contribution in [1.82, 2.24) is 29.5 Å². The maximum absolute atomic E-state index is 10.5. The number of hydrogen-bond acceptors (Lipinski definition) is 9. The van der Waals surface area contributed by atoms with Gasteiger partial charge in [-0.15, -0.1) is 10.2 Å². The Hall–Kier alpha value is -3.28. The lowest BCUT2D eigenvalue weighted by Crippen LogP contribution is -2.09. The lowest BCUT2D eigenvalue weighted by molar-refractivity contribution is 0.199. The van der Waals surface area contributed by atoms with Gasteiger partial charge in [-0.05, 0) is 42.3 Å². The maximum Gasteiger partial charge on any atom is 0.239 e. The second-order valence-electron chi connectivity index (χ2n) is 6.90. The zero-order valence-corrected chi connectivity index (χ0v) is 19.7. The van der Waals surface area contributed by atoms with Crippen molar-refractivity contribution in [2.75, 3.05) is 24.7 Å². The lowest BCUT2D eigenvalue weighted by Gasteiger charge is -2.17. The first-order valence-corrected chi connectivity index (χ1v) is 11.2. The van der Waals surface area contributed by atoms with Crippen molar-refractivity contribution in [1.29, 1.82) is 0 Å². The van der Waals surface area contributed by atoms with Gasteiger partial charge in [-0.3, -0.25) is 19.0 Å². The fourth-order valence-corrected chi connectivity index (χ4v) is 3.95. The highest BCUT2D eigenvalue weighted by Gasteiger charge is 2.23. The number of aryl methyl sites for hydroxylation is 1. The van der Waals surface area contributed by atoms with Gasteiger partial charge < -0.3 is 14.6 Å². The number of nitrogens with one attached hydrogen (secondary N) is 1. The van der Waals surface area contributed by atoms with Gasteiger partial charge in [0.2, 0.25) is 5.95 Å². The molecule has 0 aliphatic rings. The number of aromatic nitrogens is 6. The molecule has 0 saturated carbocycles. The van der Waals surface area contributed by atoms with E-state index in [2.05, 4.69) is 25.0 Å². The molecule has 1 atom stereocenters. The predicted molar refractivity (Wildman–Crippen MR) is 127 cm³/mol. The summed E-state index contributed by atoms with van der Waals surface area (Å²) in [6, 6.07) is 10.7. The van der Waals surface area contributed by atoms with E-state index in [1.54, 1.807) is 35.6 Å². The number of benzene rings is 1. The number of ether oxygens (including phenoxy) is 2. The fraction of sp³-hybridized carbons (Fsp3) is 0.238. The highest BCUT2D eigenvalue weighted by Crippen LogP contribution is 2.37. The summed E-state index contributed by atoms with van der Waals surface area (Å²) in [4.78, 5) is 4.16. The zero-order chi connectivity index (χ0) is 23.4. The molecule has 0 amide bonds. The fourth-order valence-electron chi connectivity index (χ4n) is 3.17. The minimum absolute atomic E-state index is 0.309. The van der Waals surface area contributed by atoms with Crippen LogP contribution < -0.4 is 14.2 Å². The predicted octanol–water partition coefficient (Wildman–Crippen LogP) is 3.53. The molecule has 1 aromatic carbocycles. The summed E-state index contributed by atoms with van der Waals surface area (Å²) in [7, 11) is 5.00. The summed E-state index contributed by atoms with van der Waals surface area (Å²) in [5.74, 6) is 2.37. The van der Waals surface area contributed by atoms with Crippen LogP contribution in [0.15, 0.2) is 48.8 Å². The van der Waals surface area contributed by atoms with Crippen molar-refractivity contribution in [2.45, 2.75) is 6.10 Å². The van der Waals surface area contributed by atoms with Gasteiger partial charge in [-0.2, -0.15) is 5.10 Å². The van der Waals surface area contributed by atoms with E-state index in [9.17, 15) is 5.11 Å². The van der Waals surface area contributed by atoms with E-state index < -0.39 is 6.10 Å². The van der Waals surface area contributed by atoms with Crippen LogP contribution in [0.3, 0.4) is 0 Å². The van der Waals surface area contributed by atoms with Gasteiger partial charge in [0, 0.05) is 25.2 Å². The van der Waals surface area contributed by atoms with Crippen LogP contribution in [0, 0.1) is 0 Å². The number of halogens is 1. The average Bonchev–Trinajstić information content (AvgIpc) is 3.44. The Bertz CT molecular complexity index is 1210. The first kappa shape index (κ1) is 22.9. The Kier molecular flexibility index (Phi) is 7.02. The van der Waals surface area contributed by atoms with Gasteiger partial charge in [0.1, 0.15) is 29.0 Å². The third kappa shape index (κ3) is 4.90. The van der Waals surface area contributed by atoms with Crippen molar-refractivity contribution in [3.8, 4) is 28.7 Å². The van der Waals surface area contributed by atoms with Crippen LogP contribution in [0.1, 0.15) is 11.8 Å². The van der Waals surface area contributed by atoms with E-state index in [0.29, 0.717) is 51.1 Å². The first-order valence-electron chi connectivity index (χ1n) is 9.86. The molecule has 1 unspecified atom stereocenters. The summed E-state index contributed by atoms with van der Waals surface area (Å²) in [6.45, 7) is 0. The van der Waals surface area contributed by atoms with Crippen LogP contribution in [0.25, 0.3) is 17.2 Å². The summed E-state index contributed by atoms with van der Waals surface area (Å²) in [6.07, 6.45) is 2.53. The molecule has 0 radical (unpaired) electrons. The minimum Gasteiger partial charge on any atom is -0.494 e. The molecule has 12 heteroatoms. The van der Waals surface area contributed by atoms with Crippen molar-refractivity contribution < 1.29 is 14.6 Å². The number of hydrogen-bond donors (Lipinski definition) is 2. The quantitative estimate of drug-likeness (QED) is 0.342. The third-order valence-electron chi connectivity index (χ3n) is 4.73. The number of aliphatic hydroxyl groups is 1. The van der Waals surface area contributed by atoms with Crippen molar-refractivity contribution in [3.63, 3.8) is 0 Å². The molecule has 4 rings (SSSR count). The molecule has 0 saturated heterocycles. The summed E-state index contributed by atoms with van der Waals surface area (Å²) >= 11 is 7.13. The van der Waals surface area contributed by atoms with Gasteiger partial charge >= 0.3 is 0 Å². The number of rotatable bonds is 9. The molecule has 3 heterocycles. The number of anilines is 1. The summed E-state index contributed by atoms with van der Waals surface area (Å²) in [5.41, 5.74) is 1.77. The molecule has 33 heavy (non-hydrogen) atoms. The number of methoxy groups -OCH3 is 2. The number of pyridine rings is 1. The SMILES string of the molecule is COc1cccc(OC)c1-n1c(NSCC(O)c2ccc(Cl)cn2)nnc1-c1ccn(C)n1. The number of nitrogens with zero attached hydrogens (tertiary/aromatic N) is 6. The average molecular weight is 488 g/mol. The van der Waals surface area contributed by atoms with E-state index in [1.807, 2.05) is 37.5 Å². The molecule has 0 fully saturated rings. The minimum atomic E-state index is -0.799. The van der Waals surface area contributed by atoms with Gasteiger partial charge in [0.25, 0.3) is 0 Å². The lowest BCUT2D eigenvalue weighted by atomic mass is 10.2. The normalized spacial score (nSPS) is 11.9. The maximum atomic E-state index is 10.5. The summed E-state index contributed by atoms with van der Waals surface area (Å²) in [5, 5.41) is 24.1. The molecular formula is C21H22ClN7O3S. The summed E-state index contributed by atoms with van der Waals surface area (Å²) < 4.78 is 17.8. The molecule has 0 aliphatic carbocycles. The molecule has 0 aliphatic heterocycles. The molecule has 0 spiro atoms. The van der Waals surface area contributed by atoms with E-state index in [1.165, 1.54) is 18.1 Å². The number of para-hydroxylation sites is 1. The van der Waals surface area contributed by atoms with Crippen LogP contribution in [0.5, 0.6) is 11.5 Å². The van der Waals surface area contributed by atoms with Gasteiger partial charge in [0.05, 0.1) is 24.9 Å². The molecule has 172 valence electrons. The Labute approximate surface area is 199 Å². The van der Waals surface area contributed by atoms with Gasteiger partial charge in [-0.25, -0.2) is 0 Å². The van der Waals surface area contributed by atoms with Crippen LogP contribution >= 0.6 is 23.5 Å². The van der Waals surface area contributed by atoms with Gasteiger partial charge in [-0.1, -0.05) is 17.7 Å². The Morgan fingerprint density at radius 2 is 1.88 bits per heavy atom. The Morgan fingerprint density at radius 3 is 2.48 bits per heavy atom.